The summed E-state index contributed by atoms with van der Waals surface area (Å²) in [5, 5.41) is 6.04. The number of amides is 1. The van der Waals surface area contributed by atoms with Crippen molar-refractivity contribution in [3.05, 3.63) is 77.0 Å². The van der Waals surface area contributed by atoms with Gasteiger partial charge in [0.25, 0.3) is 5.91 Å². The summed E-state index contributed by atoms with van der Waals surface area (Å²) in [6.07, 6.45) is -0.608. The number of hydrogen-bond donors (Lipinski definition) is 2. The number of carbonyl (C=O) groups is 1. The van der Waals surface area contributed by atoms with Crippen LogP contribution in [0.2, 0.25) is 0 Å². The number of hydrogen-bond acceptors (Lipinski definition) is 6. The van der Waals surface area contributed by atoms with Crippen LogP contribution in [0.3, 0.4) is 0 Å². The summed E-state index contributed by atoms with van der Waals surface area (Å²) in [5.41, 5.74) is 4.90. The Morgan fingerprint density at radius 1 is 1.20 bits per heavy atom. The number of nitrogens with one attached hydrogen (secondary N) is 2. The van der Waals surface area contributed by atoms with Crippen molar-refractivity contribution in [2.45, 2.75) is 32.6 Å². The van der Waals surface area contributed by atoms with Gasteiger partial charge >= 0.3 is 6.18 Å². The number of ether oxygens (including phenoxy) is 1. The van der Waals surface area contributed by atoms with Crippen LogP contribution in [-0.2, 0) is 24.2 Å². The van der Waals surface area contributed by atoms with Crippen molar-refractivity contribution in [3.8, 4) is 11.3 Å². The molecular formula is C28H28F4N6O2. The maximum atomic E-state index is 13.7. The molecule has 0 spiro atoms. The average molecular weight is 557 g/mol. The predicted molar refractivity (Wildman–Crippen MR) is 142 cm³/mol. The Kier molecular flexibility index (Phi) is 7.72. The van der Waals surface area contributed by atoms with E-state index >= 15 is 0 Å². The molecule has 0 radical (unpaired) electrons. The summed E-state index contributed by atoms with van der Waals surface area (Å²) in [6, 6.07) is 9.82. The number of benzene rings is 1. The summed E-state index contributed by atoms with van der Waals surface area (Å²) < 4.78 is 59.8. The molecule has 0 unspecified atom stereocenters. The Morgan fingerprint density at radius 3 is 2.80 bits per heavy atom. The van der Waals surface area contributed by atoms with Gasteiger partial charge < -0.3 is 15.4 Å². The molecule has 1 aliphatic rings. The van der Waals surface area contributed by atoms with Crippen LogP contribution >= 0.6 is 0 Å². The zero-order valence-electron chi connectivity index (χ0n) is 22.0. The van der Waals surface area contributed by atoms with E-state index < -0.39 is 18.5 Å². The van der Waals surface area contributed by atoms with Crippen molar-refractivity contribution < 1.29 is 27.1 Å². The van der Waals surface area contributed by atoms with Crippen molar-refractivity contribution in [3.63, 3.8) is 0 Å². The third kappa shape index (κ3) is 5.92. The summed E-state index contributed by atoms with van der Waals surface area (Å²) in [7, 11) is 1.39. The molecule has 4 heterocycles. The number of fused-ring (bicyclic) bond motifs is 2. The molecule has 4 aromatic rings. The third-order valence-electron chi connectivity index (χ3n) is 6.64. The van der Waals surface area contributed by atoms with Crippen molar-refractivity contribution in [2.24, 2.45) is 0 Å². The van der Waals surface area contributed by atoms with Gasteiger partial charge in [-0.2, -0.15) is 13.2 Å². The first-order valence-corrected chi connectivity index (χ1v) is 12.8. The van der Waals surface area contributed by atoms with Crippen molar-refractivity contribution in [2.75, 3.05) is 32.1 Å². The summed E-state index contributed by atoms with van der Waals surface area (Å²) in [6.45, 7) is 2.05. The second-order valence-corrected chi connectivity index (χ2v) is 9.58. The van der Waals surface area contributed by atoms with Gasteiger partial charge in [0.15, 0.2) is 0 Å². The maximum absolute atomic E-state index is 13.7. The Bertz CT molecular complexity index is 1550. The molecule has 0 saturated heterocycles. The first-order chi connectivity index (χ1) is 19.1. The molecular weight excluding hydrogens is 528 g/mol. The van der Waals surface area contributed by atoms with Gasteiger partial charge in [-0.1, -0.05) is 12.1 Å². The largest absolute Gasteiger partial charge is 0.401 e. The lowest BCUT2D eigenvalue weighted by atomic mass is 9.99. The maximum Gasteiger partial charge on any atom is 0.401 e. The van der Waals surface area contributed by atoms with Crippen LogP contribution in [0.25, 0.3) is 16.9 Å². The molecule has 5 rings (SSSR count). The van der Waals surface area contributed by atoms with Crippen LogP contribution in [0.15, 0.2) is 48.8 Å². The van der Waals surface area contributed by atoms with Crippen LogP contribution in [0, 0.1) is 5.82 Å². The summed E-state index contributed by atoms with van der Waals surface area (Å²) in [5.74, 6) is -0.264. The first-order valence-electron chi connectivity index (χ1n) is 12.8. The molecule has 12 heteroatoms. The van der Waals surface area contributed by atoms with E-state index in [1.165, 1.54) is 19.2 Å². The molecule has 2 N–H and O–H groups in total. The monoisotopic (exact) mass is 556 g/mol. The highest BCUT2D eigenvalue weighted by atomic mass is 19.4. The quantitative estimate of drug-likeness (QED) is 0.209. The van der Waals surface area contributed by atoms with Crippen LogP contribution in [0.4, 0.5) is 29.1 Å². The number of nitrogens with zero attached hydrogens (tertiary/aromatic N) is 4. The van der Waals surface area contributed by atoms with E-state index in [2.05, 4.69) is 20.6 Å². The van der Waals surface area contributed by atoms with Crippen LogP contribution in [-0.4, -0.2) is 58.2 Å². The molecule has 0 bridgehead atoms. The molecule has 210 valence electrons. The van der Waals surface area contributed by atoms with E-state index in [9.17, 15) is 22.4 Å². The molecule has 1 aromatic carbocycles. The topological polar surface area (TPSA) is 83.8 Å². The Hall–Kier alpha value is -4.03. The van der Waals surface area contributed by atoms with Crippen LogP contribution in [0.1, 0.15) is 34.1 Å². The summed E-state index contributed by atoms with van der Waals surface area (Å²) in [4.78, 5) is 23.0. The lowest BCUT2D eigenvalue weighted by Crippen LogP contribution is -2.31. The van der Waals surface area contributed by atoms with Gasteiger partial charge in [0.05, 0.1) is 42.0 Å². The minimum atomic E-state index is -4.33. The minimum absolute atomic E-state index is 0.0110. The standard InChI is InChI=1S/C28H28F4N6O2/c1-3-40-11-9-17-4-7-24(36-22(17)15-37(2)16-28(30,31)32)35-21-6-5-19(20-13-34-27(39)26(20)21)23-14-33-25-12-18(29)8-10-38(23)25/h4-8,10,12,14H,3,9,11,13,15-16H2,1-2H3,(H,34,39)(H,35,36). The zero-order valence-corrected chi connectivity index (χ0v) is 22.0. The fourth-order valence-electron chi connectivity index (χ4n) is 4.89. The van der Waals surface area contributed by atoms with Gasteiger partial charge in [0.1, 0.15) is 17.3 Å². The molecule has 3 aromatic heterocycles. The molecule has 1 aliphatic heterocycles. The number of rotatable bonds is 10. The normalized spacial score (nSPS) is 13.2. The van der Waals surface area contributed by atoms with E-state index in [4.69, 9.17) is 4.74 Å². The van der Waals surface area contributed by atoms with Crippen LogP contribution < -0.4 is 10.6 Å². The highest BCUT2D eigenvalue weighted by molar-refractivity contribution is 6.06. The lowest BCUT2D eigenvalue weighted by molar-refractivity contribution is -0.144. The van der Waals surface area contributed by atoms with Crippen molar-refractivity contribution >= 4 is 23.1 Å². The predicted octanol–water partition coefficient (Wildman–Crippen LogP) is 5.10. The number of carbonyl (C=O) groups excluding carboxylic acids is 1. The SMILES string of the molecule is CCOCCc1ccc(Nc2ccc(-c3cnc4cc(F)ccn34)c3c2C(=O)NC3)nc1CN(C)CC(F)(F)F. The lowest BCUT2D eigenvalue weighted by Gasteiger charge is -2.20. The number of halogens is 4. The summed E-state index contributed by atoms with van der Waals surface area (Å²) >= 11 is 0. The highest BCUT2D eigenvalue weighted by Gasteiger charge is 2.30. The minimum Gasteiger partial charge on any atom is -0.381 e. The molecule has 0 atom stereocenters. The van der Waals surface area contributed by atoms with Gasteiger partial charge in [-0.3, -0.25) is 14.1 Å². The van der Waals surface area contributed by atoms with E-state index in [1.54, 1.807) is 28.9 Å². The molecule has 0 saturated carbocycles. The van der Waals surface area contributed by atoms with Crippen molar-refractivity contribution in [1.82, 2.24) is 24.6 Å². The molecule has 0 fully saturated rings. The van der Waals surface area contributed by atoms with Gasteiger partial charge in [0, 0.05) is 37.5 Å². The second kappa shape index (κ2) is 11.2. The van der Waals surface area contributed by atoms with E-state index in [0.717, 1.165) is 21.6 Å². The molecule has 40 heavy (non-hydrogen) atoms. The van der Waals surface area contributed by atoms with Gasteiger partial charge in [-0.25, -0.2) is 14.4 Å². The number of imidazole rings is 1. The average Bonchev–Trinajstić information content (AvgIpc) is 3.48. The zero-order chi connectivity index (χ0) is 28.4. The molecule has 8 nitrogen and oxygen atoms in total. The Balaban J connectivity index is 1.47. The molecule has 0 aliphatic carbocycles. The number of anilines is 2. The Labute approximate surface area is 228 Å². The van der Waals surface area contributed by atoms with Crippen LogP contribution in [0.5, 0.6) is 0 Å². The van der Waals surface area contributed by atoms with Crippen molar-refractivity contribution in [1.29, 1.82) is 0 Å². The van der Waals surface area contributed by atoms with E-state index in [-0.39, 0.29) is 12.5 Å². The number of aromatic nitrogens is 3. The number of alkyl halides is 3. The second-order valence-electron chi connectivity index (χ2n) is 9.58. The smallest absolute Gasteiger partial charge is 0.381 e. The van der Waals surface area contributed by atoms with E-state index in [0.29, 0.717) is 60.3 Å². The van der Waals surface area contributed by atoms with E-state index in [1.807, 2.05) is 19.1 Å². The van der Waals surface area contributed by atoms with Gasteiger partial charge in [0.2, 0.25) is 0 Å². The first kappa shape index (κ1) is 27.5. The fourth-order valence-corrected chi connectivity index (χ4v) is 4.89. The number of pyridine rings is 2. The third-order valence-corrected chi connectivity index (χ3v) is 6.64. The van der Waals surface area contributed by atoms with Gasteiger partial charge in [-0.05, 0) is 49.7 Å². The molecule has 1 amide bonds. The van der Waals surface area contributed by atoms with Gasteiger partial charge in [-0.15, -0.1) is 0 Å². The Morgan fingerprint density at radius 2 is 2.02 bits per heavy atom. The fraction of sp³-hybridized carbons (Fsp3) is 0.321. The highest BCUT2D eigenvalue weighted by Crippen LogP contribution is 2.35.